The Morgan fingerprint density at radius 1 is 1.00 bits per heavy atom. The third-order valence-electron chi connectivity index (χ3n) is 3.06. The van der Waals surface area contributed by atoms with E-state index in [1.165, 1.54) is 5.56 Å². The van der Waals surface area contributed by atoms with Crippen molar-refractivity contribution < 1.29 is 14.6 Å². The Morgan fingerprint density at radius 2 is 1.68 bits per heavy atom. The molecule has 0 radical (unpaired) electrons. The first-order chi connectivity index (χ1) is 9.27. The highest BCUT2D eigenvalue weighted by molar-refractivity contribution is 5.24. The number of rotatable bonds is 10. The van der Waals surface area contributed by atoms with Gasteiger partial charge in [0, 0.05) is 6.61 Å². The van der Waals surface area contributed by atoms with Crippen LogP contribution < -0.4 is 0 Å². The van der Waals surface area contributed by atoms with Gasteiger partial charge in [0.25, 0.3) is 0 Å². The molecule has 0 aliphatic rings. The van der Waals surface area contributed by atoms with E-state index in [0.717, 1.165) is 31.4 Å². The maximum Gasteiger partial charge on any atom is 0.102 e. The number of aliphatic hydroxyl groups is 1. The van der Waals surface area contributed by atoms with E-state index < -0.39 is 6.10 Å². The first-order valence-corrected chi connectivity index (χ1v) is 7.20. The van der Waals surface area contributed by atoms with Crippen LogP contribution in [0, 0.1) is 0 Å². The van der Waals surface area contributed by atoms with Gasteiger partial charge >= 0.3 is 0 Å². The Labute approximate surface area is 116 Å². The van der Waals surface area contributed by atoms with Crippen molar-refractivity contribution in [3.8, 4) is 0 Å². The van der Waals surface area contributed by atoms with E-state index in [2.05, 4.69) is 13.8 Å². The molecule has 0 heterocycles. The lowest BCUT2D eigenvalue weighted by Gasteiger charge is -2.12. The van der Waals surface area contributed by atoms with E-state index in [1.807, 2.05) is 24.3 Å². The minimum Gasteiger partial charge on any atom is -0.386 e. The van der Waals surface area contributed by atoms with Gasteiger partial charge in [-0.05, 0) is 24.0 Å². The predicted octanol–water partition coefficient (Wildman–Crippen LogP) is 3.12. The van der Waals surface area contributed by atoms with Gasteiger partial charge < -0.3 is 14.6 Å². The quantitative estimate of drug-likeness (QED) is 0.661. The summed E-state index contributed by atoms with van der Waals surface area (Å²) in [6.45, 7) is 6.51. The van der Waals surface area contributed by atoms with Gasteiger partial charge in [-0.25, -0.2) is 0 Å². The van der Waals surface area contributed by atoms with Crippen LogP contribution in [0.5, 0.6) is 0 Å². The summed E-state index contributed by atoms with van der Waals surface area (Å²) in [5, 5.41) is 9.96. The number of unbranched alkanes of at least 4 members (excludes halogenated alkanes) is 1. The molecule has 1 aromatic rings. The van der Waals surface area contributed by atoms with Crippen molar-refractivity contribution in [2.75, 3.05) is 26.4 Å². The predicted molar refractivity (Wildman–Crippen MR) is 77.3 cm³/mol. The Kier molecular flexibility index (Phi) is 8.47. The van der Waals surface area contributed by atoms with Crippen LogP contribution in [-0.2, 0) is 15.9 Å². The summed E-state index contributed by atoms with van der Waals surface area (Å²) in [4.78, 5) is 0. The molecule has 1 rings (SSSR count). The molecule has 1 atom stereocenters. The maximum absolute atomic E-state index is 9.96. The Balaban J connectivity index is 2.14. The molecule has 19 heavy (non-hydrogen) atoms. The molecule has 3 heteroatoms. The minimum atomic E-state index is -0.554. The summed E-state index contributed by atoms with van der Waals surface area (Å²) in [6.07, 6.45) is 2.70. The first-order valence-electron chi connectivity index (χ1n) is 7.20. The van der Waals surface area contributed by atoms with Gasteiger partial charge in [-0.15, -0.1) is 0 Å². The summed E-state index contributed by atoms with van der Waals surface area (Å²) >= 11 is 0. The van der Waals surface area contributed by atoms with Gasteiger partial charge in [0.2, 0.25) is 0 Å². The molecule has 1 N–H and O–H groups in total. The Morgan fingerprint density at radius 3 is 2.32 bits per heavy atom. The van der Waals surface area contributed by atoms with Crippen LogP contribution in [0.15, 0.2) is 24.3 Å². The Bertz CT molecular complexity index is 321. The van der Waals surface area contributed by atoms with Gasteiger partial charge in [-0.2, -0.15) is 0 Å². The van der Waals surface area contributed by atoms with Crippen LogP contribution in [0.1, 0.15) is 43.9 Å². The SMILES string of the molecule is CCCCOCCOCC(O)c1ccc(CC)cc1. The number of aryl methyl sites for hydroxylation is 1. The lowest BCUT2D eigenvalue weighted by atomic mass is 10.1. The minimum absolute atomic E-state index is 0.322. The second-order valence-electron chi connectivity index (χ2n) is 4.65. The molecule has 0 fully saturated rings. The van der Waals surface area contributed by atoms with Crippen LogP contribution >= 0.6 is 0 Å². The van der Waals surface area contributed by atoms with Crippen molar-refractivity contribution in [3.63, 3.8) is 0 Å². The standard InChI is InChI=1S/C16H26O3/c1-3-5-10-18-11-12-19-13-16(17)15-8-6-14(4-2)7-9-15/h6-9,16-17H,3-5,10-13H2,1-2H3. The van der Waals surface area contributed by atoms with Crippen molar-refractivity contribution in [1.29, 1.82) is 0 Å². The van der Waals surface area contributed by atoms with Gasteiger partial charge in [0.15, 0.2) is 0 Å². The number of hydrogen-bond donors (Lipinski definition) is 1. The molecule has 0 spiro atoms. The van der Waals surface area contributed by atoms with Crippen LogP contribution in [0.4, 0.5) is 0 Å². The fraction of sp³-hybridized carbons (Fsp3) is 0.625. The zero-order valence-electron chi connectivity index (χ0n) is 12.1. The normalized spacial score (nSPS) is 12.6. The van der Waals surface area contributed by atoms with Crippen molar-refractivity contribution in [2.45, 2.75) is 39.2 Å². The third kappa shape index (κ3) is 6.71. The topological polar surface area (TPSA) is 38.7 Å². The summed E-state index contributed by atoms with van der Waals surface area (Å²) < 4.78 is 10.8. The molecular weight excluding hydrogens is 240 g/mol. The summed E-state index contributed by atoms with van der Waals surface area (Å²) in [6, 6.07) is 8.02. The van der Waals surface area contributed by atoms with Crippen molar-refractivity contribution in [1.82, 2.24) is 0 Å². The number of ether oxygens (including phenoxy) is 2. The summed E-state index contributed by atoms with van der Waals surface area (Å²) in [5.74, 6) is 0. The van der Waals surface area contributed by atoms with Crippen LogP contribution in [0.25, 0.3) is 0 Å². The zero-order valence-corrected chi connectivity index (χ0v) is 12.1. The molecule has 0 saturated carbocycles. The van der Waals surface area contributed by atoms with E-state index >= 15 is 0 Å². The molecule has 108 valence electrons. The Hall–Kier alpha value is -0.900. The van der Waals surface area contributed by atoms with Crippen LogP contribution in [-0.4, -0.2) is 31.5 Å². The molecule has 0 aromatic heterocycles. The van der Waals surface area contributed by atoms with Gasteiger partial charge in [0.05, 0.1) is 19.8 Å². The highest BCUT2D eigenvalue weighted by Crippen LogP contribution is 2.14. The smallest absolute Gasteiger partial charge is 0.102 e. The van der Waals surface area contributed by atoms with Crippen molar-refractivity contribution >= 4 is 0 Å². The molecule has 0 amide bonds. The molecular formula is C16H26O3. The van der Waals surface area contributed by atoms with Gasteiger partial charge in [-0.1, -0.05) is 44.5 Å². The van der Waals surface area contributed by atoms with Gasteiger partial charge in [0.1, 0.15) is 6.10 Å². The molecule has 1 unspecified atom stereocenters. The number of hydrogen-bond acceptors (Lipinski definition) is 3. The maximum atomic E-state index is 9.96. The lowest BCUT2D eigenvalue weighted by molar-refractivity contribution is 0.00274. The van der Waals surface area contributed by atoms with E-state index in [1.54, 1.807) is 0 Å². The highest BCUT2D eigenvalue weighted by atomic mass is 16.5. The van der Waals surface area contributed by atoms with Crippen LogP contribution in [0.3, 0.4) is 0 Å². The third-order valence-corrected chi connectivity index (χ3v) is 3.06. The molecule has 0 bridgehead atoms. The lowest BCUT2D eigenvalue weighted by Crippen LogP contribution is -2.11. The van der Waals surface area contributed by atoms with Crippen LogP contribution in [0.2, 0.25) is 0 Å². The first kappa shape index (κ1) is 16.2. The second kappa shape index (κ2) is 9.96. The molecule has 0 saturated heterocycles. The zero-order chi connectivity index (χ0) is 13.9. The van der Waals surface area contributed by atoms with E-state index in [-0.39, 0.29) is 0 Å². The average molecular weight is 266 g/mol. The van der Waals surface area contributed by atoms with E-state index in [9.17, 15) is 5.11 Å². The monoisotopic (exact) mass is 266 g/mol. The average Bonchev–Trinajstić information content (AvgIpc) is 2.46. The van der Waals surface area contributed by atoms with Gasteiger partial charge in [-0.3, -0.25) is 0 Å². The largest absolute Gasteiger partial charge is 0.386 e. The summed E-state index contributed by atoms with van der Waals surface area (Å²) in [7, 11) is 0. The molecule has 1 aromatic carbocycles. The molecule has 0 aliphatic carbocycles. The number of aliphatic hydroxyl groups excluding tert-OH is 1. The van der Waals surface area contributed by atoms with E-state index in [0.29, 0.717) is 19.8 Å². The highest BCUT2D eigenvalue weighted by Gasteiger charge is 2.07. The summed E-state index contributed by atoms with van der Waals surface area (Å²) in [5.41, 5.74) is 2.19. The second-order valence-corrected chi connectivity index (χ2v) is 4.65. The molecule has 0 aliphatic heterocycles. The van der Waals surface area contributed by atoms with Crippen molar-refractivity contribution in [2.24, 2.45) is 0 Å². The van der Waals surface area contributed by atoms with Crippen molar-refractivity contribution in [3.05, 3.63) is 35.4 Å². The fourth-order valence-electron chi connectivity index (χ4n) is 1.73. The van der Waals surface area contributed by atoms with E-state index in [4.69, 9.17) is 9.47 Å². The fourth-order valence-corrected chi connectivity index (χ4v) is 1.73. The molecule has 3 nitrogen and oxygen atoms in total. The number of benzene rings is 1.